The van der Waals surface area contributed by atoms with Gasteiger partial charge in [-0.05, 0) is 35.9 Å². The average molecular weight is 325 g/mol. The minimum Gasteiger partial charge on any atom is -0.504 e. The second kappa shape index (κ2) is 6.78. The van der Waals surface area contributed by atoms with Crippen molar-refractivity contribution in [2.45, 2.75) is 6.54 Å². The highest BCUT2D eigenvalue weighted by Crippen LogP contribution is 2.25. The number of rotatable bonds is 5. The van der Waals surface area contributed by atoms with Crippen molar-refractivity contribution in [1.82, 2.24) is 20.4 Å². The third-order valence-corrected chi connectivity index (χ3v) is 3.22. The summed E-state index contributed by atoms with van der Waals surface area (Å²) < 4.78 is 5.00. The molecule has 0 saturated carbocycles. The Balaban J connectivity index is 1.60. The minimum atomic E-state index is -0.350. The number of carbonyl (C=O) groups excluding carboxylic acids is 1. The minimum absolute atomic E-state index is 0.0368. The van der Waals surface area contributed by atoms with Gasteiger partial charge in [-0.25, -0.2) is 5.43 Å². The van der Waals surface area contributed by atoms with Gasteiger partial charge in [0.25, 0.3) is 5.91 Å². The van der Waals surface area contributed by atoms with Crippen LogP contribution in [-0.2, 0) is 11.3 Å². The molecule has 8 heteroatoms. The molecule has 1 amide bonds. The van der Waals surface area contributed by atoms with E-state index >= 15 is 0 Å². The number of aromatic nitrogens is 3. The first kappa shape index (κ1) is 15.5. The molecule has 8 nitrogen and oxygen atoms in total. The molecular weight excluding hydrogens is 310 g/mol. The van der Waals surface area contributed by atoms with Gasteiger partial charge < -0.3 is 9.84 Å². The van der Waals surface area contributed by atoms with Crippen LogP contribution in [0.2, 0.25) is 0 Å². The number of hydrogen-bond donors (Lipinski definition) is 2. The van der Waals surface area contributed by atoms with Crippen LogP contribution < -0.4 is 10.2 Å². The Morgan fingerprint density at radius 1 is 1.29 bits per heavy atom. The molecule has 0 radical (unpaired) electrons. The van der Waals surface area contributed by atoms with Gasteiger partial charge >= 0.3 is 0 Å². The summed E-state index contributed by atoms with van der Waals surface area (Å²) in [6, 6.07) is 12.1. The number of amides is 1. The Labute approximate surface area is 137 Å². The molecular formula is C16H15N5O3. The van der Waals surface area contributed by atoms with Crippen LogP contribution in [0.3, 0.4) is 0 Å². The zero-order valence-electron chi connectivity index (χ0n) is 12.9. The molecule has 2 N–H and O–H groups in total. The highest BCUT2D eigenvalue weighted by Gasteiger charge is 2.06. The summed E-state index contributed by atoms with van der Waals surface area (Å²) in [5.41, 5.74) is 4.53. The first-order valence-electron chi connectivity index (χ1n) is 7.14. The SMILES string of the molecule is COc1cc(C=NNC(=O)Cn2nc3ccccc3n2)ccc1O. The smallest absolute Gasteiger partial charge is 0.263 e. The van der Waals surface area contributed by atoms with Crippen molar-refractivity contribution >= 4 is 23.2 Å². The number of phenols is 1. The molecule has 0 atom stereocenters. The fourth-order valence-electron chi connectivity index (χ4n) is 2.09. The summed E-state index contributed by atoms with van der Waals surface area (Å²) in [6.07, 6.45) is 1.45. The molecule has 3 rings (SSSR count). The van der Waals surface area contributed by atoms with E-state index in [1.165, 1.54) is 24.2 Å². The van der Waals surface area contributed by atoms with Gasteiger partial charge in [0.15, 0.2) is 11.5 Å². The molecule has 24 heavy (non-hydrogen) atoms. The standard InChI is InChI=1S/C16H15N5O3/c1-24-15-8-11(6-7-14(15)22)9-17-18-16(23)10-21-19-12-4-2-3-5-13(12)20-21/h2-9,22H,10H2,1H3,(H,18,23). The van der Waals surface area contributed by atoms with E-state index in [0.29, 0.717) is 11.3 Å². The monoisotopic (exact) mass is 325 g/mol. The van der Waals surface area contributed by atoms with Crippen molar-refractivity contribution in [1.29, 1.82) is 0 Å². The topological polar surface area (TPSA) is 102 Å². The van der Waals surface area contributed by atoms with Gasteiger partial charge in [0.05, 0.1) is 13.3 Å². The molecule has 0 fully saturated rings. The normalized spacial score (nSPS) is 11.0. The Morgan fingerprint density at radius 3 is 2.67 bits per heavy atom. The Kier molecular flexibility index (Phi) is 4.37. The van der Waals surface area contributed by atoms with E-state index in [1.807, 2.05) is 24.3 Å². The number of ether oxygens (including phenoxy) is 1. The highest BCUT2D eigenvalue weighted by molar-refractivity contribution is 5.83. The van der Waals surface area contributed by atoms with Crippen LogP contribution in [0.15, 0.2) is 47.6 Å². The van der Waals surface area contributed by atoms with Crippen LogP contribution in [0.25, 0.3) is 11.0 Å². The summed E-state index contributed by atoms with van der Waals surface area (Å²) in [5.74, 6) is 0.0190. The van der Waals surface area contributed by atoms with Crippen molar-refractivity contribution in [2.24, 2.45) is 5.10 Å². The number of benzene rings is 2. The molecule has 0 aliphatic carbocycles. The maximum absolute atomic E-state index is 11.9. The van der Waals surface area contributed by atoms with E-state index in [0.717, 1.165) is 11.0 Å². The van der Waals surface area contributed by atoms with Crippen molar-refractivity contribution in [3.05, 3.63) is 48.0 Å². The summed E-state index contributed by atoms with van der Waals surface area (Å²) in [7, 11) is 1.46. The van der Waals surface area contributed by atoms with E-state index < -0.39 is 0 Å². The number of hydrazone groups is 1. The first-order valence-corrected chi connectivity index (χ1v) is 7.14. The van der Waals surface area contributed by atoms with Gasteiger partial charge in [-0.15, -0.1) is 0 Å². The van der Waals surface area contributed by atoms with Crippen molar-refractivity contribution in [3.8, 4) is 11.5 Å². The Morgan fingerprint density at radius 2 is 2.00 bits per heavy atom. The van der Waals surface area contributed by atoms with Crippen LogP contribution in [0.4, 0.5) is 0 Å². The number of phenolic OH excluding ortho intramolecular Hbond substituents is 1. The van der Waals surface area contributed by atoms with Crippen LogP contribution >= 0.6 is 0 Å². The quantitative estimate of drug-likeness (QED) is 0.544. The van der Waals surface area contributed by atoms with Gasteiger partial charge in [-0.2, -0.15) is 20.1 Å². The highest BCUT2D eigenvalue weighted by atomic mass is 16.5. The van der Waals surface area contributed by atoms with Crippen molar-refractivity contribution in [2.75, 3.05) is 7.11 Å². The molecule has 2 aromatic carbocycles. The lowest BCUT2D eigenvalue weighted by atomic mass is 10.2. The third-order valence-electron chi connectivity index (χ3n) is 3.22. The molecule has 0 aliphatic heterocycles. The maximum atomic E-state index is 11.9. The van der Waals surface area contributed by atoms with Crippen LogP contribution in [-0.4, -0.2) is 39.3 Å². The molecule has 0 unspecified atom stereocenters. The second-order valence-corrected chi connectivity index (χ2v) is 4.94. The lowest BCUT2D eigenvalue weighted by molar-refractivity contribution is -0.122. The van der Waals surface area contributed by atoms with E-state index in [4.69, 9.17) is 4.74 Å². The molecule has 0 aliphatic rings. The van der Waals surface area contributed by atoms with E-state index in [-0.39, 0.29) is 18.2 Å². The number of methoxy groups -OCH3 is 1. The summed E-state index contributed by atoms with van der Waals surface area (Å²) >= 11 is 0. The van der Waals surface area contributed by atoms with Gasteiger partial charge in [0.2, 0.25) is 0 Å². The zero-order valence-corrected chi connectivity index (χ0v) is 12.9. The van der Waals surface area contributed by atoms with E-state index in [2.05, 4.69) is 20.7 Å². The molecule has 0 bridgehead atoms. The summed E-state index contributed by atoms with van der Waals surface area (Å²) in [5, 5.41) is 21.8. The third kappa shape index (κ3) is 3.49. The number of carbonyl (C=O) groups is 1. The van der Waals surface area contributed by atoms with Crippen LogP contribution in [0.1, 0.15) is 5.56 Å². The van der Waals surface area contributed by atoms with Gasteiger partial charge in [0, 0.05) is 0 Å². The van der Waals surface area contributed by atoms with Gasteiger partial charge in [0.1, 0.15) is 17.6 Å². The number of hydrogen-bond acceptors (Lipinski definition) is 6. The molecule has 3 aromatic rings. The van der Waals surface area contributed by atoms with E-state index in [1.54, 1.807) is 12.1 Å². The average Bonchev–Trinajstić information content (AvgIpc) is 2.98. The van der Waals surface area contributed by atoms with Gasteiger partial charge in [-0.3, -0.25) is 4.79 Å². The van der Waals surface area contributed by atoms with Crippen LogP contribution in [0, 0.1) is 0 Å². The second-order valence-electron chi connectivity index (χ2n) is 4.94. The zero-order chi connectivity index (χ0) is 16.9. The number of fused-ring (bicyclic) bond motifs is 1. The Hall–Kier alpha value is -3.42. The van der Waals surface area contributed by atoms with Crippen LogP contribution in [0.5, 0.6) is 11.5 Å². The largest absolute Gasteiger partial charge is 0.504 e. The summed E-state index contributed by atoms with van der Waals surface area (Å²) in [6.45, 7) is -0.0368. The van der Waals surface area contributed by atoms with E-state index in [9.17, 15) is 9.90 Å². The molecule has 0 saturated heterocycles. The molecule has 1 aromatic heterocycles. The molecule has 1 heterocycles. The predicted octanol–water partition coefficient (Wildman–Crippen LogP) is 1.30. The summed E-state index contributed by atoms with van der Waals surface area (Å²) in [4.78, 5) is 13.2. The number of aromatic hydroxyl groups is 1. The molecule has 0 spiro atoms. The number of nitrogens with zero attached hydrogens (tertiary/aromatic N) is 4. The lowest BCUT2D eigenvalue weighted by Crippen LogP contribution is -2.24. The fraction of sp³-hybridized carbons (Fsp3) is 0.125. The lowest BCUT2D eigenvalue weighted by Gasteiger charge is -2.03. The fourth-order valence-corrected chi connectivity index (χ4v) is 2.09. The maximum Gasteiger partial charge on any atom is 0.263 e. The number of nitrogens with one attached hydrogen (secondary N) is 1. The Bertz CT molecular complexity index is 871. The van der Waals surface area contributed by atoms with Crippen molar-refractivity contribution < 1.29 is 14.6 Å². The van der Waals surface area contributed by atoms with Gasteiger partial charge in [-0.1, -0.05) is 12.1 Å². The van der Waals surface area contributed by atoms with Crippen molar-refractivity contribution in [3.63, 3.8) is 0 Å². The first-order chi connectivity index (χ1) is 11.7. The molecule has 122 valence electrons. The predicted molar refractivity (Wildman–Crippen MR) is 87.9 cm³/mol.